The van der Waals surface area contributed by atoms with E-state index in [4.69, 9.17) is 9.97 Å². The largest absolute Gasteiger partial charge is 0.293 e. The summed E-state index contributed by atoms with van der Waals surface area (Å²) in [6.07, 6.45) is 11.0. The van der Waals surface area contributed by atoms with Gasteiger partial charge in [-0.3, -0.25) is 19.8 Å². The molecule has 0 amide bonds. The number of hydrogen-bond acceptors (Lipinski definition) is 8. The van der Waals surface area contributed by atoms with Crippen molar-refractivity contribution in [2.24, 2.45) is 0 Å². The number of fused-ring (bicyclic) bond motifs is 6. The molecule has 10 rings (SSSR count). The normalized spacial score (nSPS) is 11.9. The zero-order valence-electron chi connectivity index (χ0n) is 26.5. The number of nitrogens with zero attached hydrogens (tertiary/aromatic N) is 6. The van der Waals surface area contributed by atoms with E-state index in [1.807, 2.05) is 96.4 Å². The zero-order chi connectivity index (χ0) is 33.0. The van der Waals surface area contributed by atoms with Gasteiger partial charge < -0.3 is 0 Å². The molecule has 0 radical (unpaired) electrons. The quantitative estimate of drug-likeness (QED) is 0.173. The molecular weight excluding hydrogens is 653 g/mol. The van der Waals surface area contributed by atoms with E-state index in [1.165, 1.54) is 51.9 Å². The molecule has 0 atom stereocenters. The van der Waals surface area contributed by atoms with E-state index in [0.717, 1.165) is 34.4 Å². The van der Waals surface area contributed by atoms with E-state index in [9.17, 15) is 0 Å². The van der Waals surface area contributed by atoms with Gasteiger partial charge >= 0.3 is 0 Å². The Kier molecular flexibility index (Phi) is 6.82. The molecule has 0 spiro atoms. The number of pyridine rings is 4. The molecule has 4 aromatic carbocycles. The molecule has 0 N–H and O–H groups in total. The highest BCUT2D eigenvalue weighted by Crippen LogP contribution is 2.53. The van der Waals surface area contributed by atoms with Crippen molar-refractivity contribution in [2.75, 3.05) is 9.80 Å². The number of hydrogen-bond donors (Lipinski definition) is 0. The second-order valence-electron chi connectivity index (χ2n) is 12.0. The average molecular weight is 679 g/mol. The minimum atomic E-state index is 0.847. The van der Waals surface area contributed by atoms with Crippen LogP contribution in [-0.2, 0) is 0 Å². The van der Waals surface area contributed by atoms with Crippen LogP contribution in [0.15, 0.2) is 168 Å². The molecule has 5 aromatic heterocycles. The first kappa shape index (κ1) is 28.9. The lowest BCUT2D eigenvalue weighted by Gasteiger charge is -2.26. The van der Waals surface area contributed by atoms with Crippen LogP contribution in [0.4, 0.5) is 34.4 Å². The molecule has 236 valence electrons. The summed E-state index contributed by atoms with van der Waals surface area (Å²) in [6, 6.07) is 42.7. The van der Waals surface area contributed by atoms with E-state index in [0.29, 0.717) is 0 Å². The Balaban J connectivity index is 1.13. The highest BCUT2D eigenvalue weighted by molar-refractivity contribution is 7.99. The molecule has 6 nitrogen and oxygen atoms in total. The van der Waals surface area contributed by atoms with Crippen molar-refractivity contribution in [3.8, 4) is 11.1 Å². The summed E-state index contributed by atoms with van der Waals surface area (Å²) >= 11 is 3.68. The van der Waals surface area contributed by atoms with Crippen LogP contribution in [0.1, 0.15) is 0 Å². The minimum Gasteiger partial charge on any atom is -0.293 e. The molecule has 1 aliphatic rings. The Bertz CT molecular complexity index is 2610. The Labute approximate surface area is 296 Å². The summed E-state index contributed by atoms with van der Waals surface area (Å²) in [5.41, 5.74) is 6.53. The molecule has 8 heteroatoms. The van der Waals surface area contributed by atoms with Crippen molar-refractivity contribution in [2.45, 2.75) is 9.79 Å². The fraction of sp³-hybridized carbons (Fsp3) is 0. The van der Waals surface area contributed by atoms with E-state index < -0.39 is 0 Å². The molecule has 9 aromatic rings. The highest BCUT2D eigenvalue weighted by Gasteiger charge is 2.25. The zero-order valence-corrected chi connectivity index (χ0v) is 28.1. The SMILES string of the molecule is c1ccc(N(c2cccnc2)c2ccc3c(c2)Sc2cccc4c2c-3cc2sc3cc(N(c5cccnc5)c5ccccn5)ccc3c24)nc1. The van der Waals surface area contributed by atoms with Crippen LogP contribution in [0.3, 0.4) is 0 Å². The van der Waals surface area contributed by atoms with Crippen molar-refractivity contribution in [3.63, 3.8) is 0 Å². The first-order valence-corrected chi connectivity index (χ1v) is 17.9. The van der Waals surface area contributed by atoms with Crippen LogP contribution in [0, 0.1) is 0 Å². The molecule has 0 unspecified atom stereocenters. The van der Waals surface area contributed by atoms with Crippen LogP contribution in [0.5, 0.6) is 0 Å². The van der Waals surface area contributed by atoms with E-state index in [-0.39, 0.29) is 0 Å². The van der Waals surface area contributed by atoms with Gasteiger partial charge in [-0.25, -0.2) is 9.97 Å². The molecule has 0 bridgehead atoms. The van der Waals surface area contributed by atoms with Gasteiger partial charge in [-0.1, -0.05) is 48.2 Å². The van der Waals surface area contributed by atoms with Crippen molar-refractivity contribution in [3.05, 3.63) is 159 Å². The maximum Gasteiger partial charge on any atom is 0.137 e. The lowest BCUT2D eigenvalue weighted by atomic mass is 9.94. The average Bonchev–Trinajstić information content (AvgIpc) is 3.55. The summed E-state index contributed by atoms with van der Waals surface area (Å²) in [5, 5.41) is 5.17. The molecule has 0 saturated heterocycles. The van der Waals surface area contributed by atoms with Gasteiger partial charge in [-0.15, -0.1) is 11.3 Å². The third-order valence-electron chi connectivity index (χ3n) is 9.10. The molecule has 6 heterocycles. The Morgan fingerprint density at radius 1 is 0.440 bits per heavy atom. The van der Waals surface area contributed by atoms with Gasteiger partial charge in [-0.05, 0) is 101 Å². The fourth-order valence-electron chi connectivity index (χ4n) is 6.99. The topological polar surface area (TPSA) is 58.0 Å². The summed E-state index contributed by atoms with van der Waals surface area (Å²) in [5.74, 6) is 1.70. The number of benzene rings is 4. The van der Waals surface area contributed by atoms with E-state index in [2.05, 4.69) is 92.6 Å². The monoisotopic (exact) mass is 678 g/mol. The van der Waals surface area contributed by atoms with E-state index >= 15 is 0 Å². The number of aromatic nitrogens is 4. The number of rotatable bonds is 6. The van der Waals surface area contributed by atoms with Gasteiger partial charge in [-0.2, -0.15) is 0 Å². The predicted octanol–water partition coefficient (Wildman–Crippen LogP) is 11.9. The third kappa shape index (κ3) is 4.72. The molecule has 50 heavy (non-hydrogen) atoms. The molecular formula is C42H26N6S2. The molecule has 1 aliphatic heterocycles. The van der Waals surface area contributed by atoms with Gasteiger partial charge in [0.1, 0.15) is 11.6 Å². The molecule has 0 saturated carbocycles. The van der Waals surface area contributed by atoms with Crippen LogP contribution in [0.2, 0.25) is 0 Å². The Hall–Kier alpha value is -6.09. The summed E-state index contributed by atoms with van der Waals surface area (Å²) in [6.45, 7) is 0. The van der Waals surface area contributed by atoms with Gasteiger partial charge in [0, 0.05) is 71.5 Å². The highest BCUT2D eigenvalue weighted by atomic mass is 32.2. The van der Waals surface area contributed by atoms with Crippen LogP contribution in [-0.4, -0.2) is 19.9 Å². The fourth-order valence-corrected chi connectivity index (χ4v) is 9.36. The standard InChI is InChI=1S/C42H26N6S2/c1-3-20-45-39(12-1)47(29-8-6-18-43-25-29)27-14-16-31-34-24-38-41(33-10-5-11-35(42(33)34)49-36(31)22-27)32-17-15-28(23-37(32)50-38)48(30-9-7-19-44-26-30)40-13-2-4-21-46-40/h1-26H. The van der Waals surface area contributed by atoms with Crippen LogP contribution < -0.4 is 9.80 Å². The summed E-state index contributed by atoms with van der Waals surface area (Å²) in [7, 11) is 0. The van der Waals surface area contributed by atoms with Crippen LogP contribution in [0.25, 0.3) is 42.1 Å². The van der Waals surface area contributed by atoms with Gasteiger partial charge in [0.05, 0.1) is 23.8 Å². The second-order valence-corrected chi connectivity index (χ2v) is 14.2. The Morgan fingerprint density at radius 3 is 1.80 bits per heavy atom. The van der Waals surface area contributed by atoms with E-state index in [1.54, 1.807) is 12.4 Å². The number of thiophene rings is 1. The van der Waals surface area contributed by atoms with Gasteiger partial charge in [0.15, 0.2) is 0 Å². The van der Waals surface area contributed by atoms with Crippen molar-refractivity contribution in [1.82, 2.24) is 19.9 Å². The molecule has 0 aliphatic carbocycles. The lowest BCUT2D eigenvalue weighted by Crippen LogP contribution is -2.12. The maximum absolute atomic E-state index is 4.70. The summed E-state index contributed by atoms with van der Waals surface area (Å²) in [4.78, 5) is 25.0. The minimum absolute atomic E-state index is 0.847. The summed E-state index contributed by atoms with van der Waals surface area (Å²) < 4.78 is 2.51. The third-order valence-corrected chi connectivity index (χ3v) is 11.3. The van der Waals surface area contributed by atoms with Gasteiger partial charge in [0.2, 0.25) is 0 Å². The van der Waals surface area contributed by atoms with Crippen LogP contribution >= 0.6 is 23.1 Å². The van der Waals surface area contributed by atoms with Gasteiger partial charge in [0.25, 0.3) is 0 Å². The first-order chi connectivity index (χ1) is 24.8. The first-order valence-electron chi connectivity index (χ1n) is 16.3. The Morgan fingerprint density at radius 2 is 1.14 bits per heavy atom. The number of anilines is 6. The predicted molar refractivity (Wildman–Crippen MR) is 207 cm³/mol. The van der Waals surface area contributed by atoms with Crippen molar-refractivity contribution >= 4 is 88.4 Å². The van der Waals surface area contributed by atoms with Crippen molar-refractivity contribution < 1.29 is 0 Å². The smallest absolute Gasteiger partial charge is 0.137 e. The van der Waals surface area contributed by atoms with Crippen molar-refractivity contribution in [1.29, 1.82) is 0 Å². The lowest BCUT2D eigenvalue weighted by molar-refractivity contribution is 1.15. The second kappa shape index (κ2) is 11.8. The molecule has 0 fully saturated rings. The maximum atomic E-state index is 4.70.